The third-order valence-electron chi connectivity index (χ3n) is 7.95. The van der Waals surface area contributed by atoms with E-state index in [0.29, 0.717) is 13.0 Å². The minimum absolute atomic E-state index is 0.0955. The van der Waals surface area contributed by atoms with Crippen LogP contribution in [0.1, 0.15) is 162 Å². The van der Waals surface area contributed by atoms with Crippen LogP contribution in [-0.4, -0.2) is 49.9 Å². The van der Waals surface area contributed by atoms with E-state index in [1.54, 1.807) is 0 Å². The number of hydrogen-bond acceptors (Lipinski definition) is 7. The van der Waals surface area contributed by atoms with Gasteiger partial charge in [-0.1, -0.05) is 133 Å². The molecule has 0 amide bonds. The molecular weight excluding hydrogens is 637 g/mol. The Bertz CT molecular complexity index is 890. The molecule has 286 valence electrons. The average molecular weight is 712 g/mol. The number of rotatable bonds is 37. The Morgan fingerprint density at radius 2 is 1.12 bits per heavy atom. The Balaban J connectivity index is 4.05. The summed E-state index contributed by atoms with van der Waals surface area (Å²) < 4.78 is 33.3. The van der Waals surface area contributed by atoms with Crippen LogP contribution >= 0.6 is 7.82 Å². The molecule has 0 fully saturated rings. The second-order valence-electron chi connectivity index (χ2n) is 12.8. The Kier molecular flexibility index (Phi) is 36.5. The number of phosphoric acid groups is 1. The largest absolute Gasteiger partial charge is 0.472 e. The predicted molar refractivity (Wildman–Crippen MR) is 206 cm³/mol. The maximum Gasteiger partial charge on any atom is 0.472 e. The van der Waals surface area contributed by atoms with Crippen molar-refractivity contribution < 1.29 is 32.8 Å². The van der Waals surface area contributed by atoms with Crippen molar-refractivity contribution in [3.63, 3.8) is 0 Å². The summed E-state index contributed by atoms with van der Waals surface area (Å²) in [6, 6.07) is 0. The fraction of sp³-hybridized carbons (Fsp3) is 0.775. The van der Waals surface area contributed by atoms with E-state index in [1.165, 1.54) is 70.6 Å². The van der Waals surface area contributed by atoms with Crippen LogP contribution in [0.15, 0.2) is 48.6 Å². The molecule has 0 aromatic carbocycles. The zero-order chi connectivity index (χ0) is 35.9. The average Bonchev–Trinajstić information content (AvgIpc) is 3.09. The first-order valence-corrected chi connectivity index (χ1v) is 21.1. The van der Waals surface area contributed by atoms with E-state index < -0.39 is 13.9 Å². The van der Waals surface area contributed by atoms with E-state index >= 15 is 0 Å². The molecule has 0 aliphatic carbocycles. The zero-order valence-electron chi connectivity index (χ0n) is 31.4. The van der Waals surface area contributed by atoms with E-state index in [1.807, 2.05) is 0 Å². The van der Waals surface area contributed by atoms with Crippen molar-refractivity contribution in [2.75, 3.05) is 33.0 Å². The molecular formula is C40H74NO7P. The lowest BCUT2D eigenvalue weighted by atomic mass is 10.1. The van der Waals surface area contributed by atoms with Crippen LogP contribution in [0.5, 0.6) is 0 Å². The van der Waals surface area contributed by atoms with Gasteiger partial charge in [0.2, 0.25) is 0 Å². The monoisotopic (exact) mass is 712 g/mol. The van der Waals surface area contributed by atoms with E-state index in [-0.39, 0.29) is 32.3 Å². The molecule has 0 aliphatic heterocycles. The third-order valence-corrected chi connectivity index (χ3v) is 8.93. The van der Waals surface area contributed by atoms with Crippen LogP contribution in [0.4, 0.5) is 0 Å². The van der Waals surface area contributed by atoms with Gasteiger partial charge in [0, 0.05) is 19.6 Å². The molecule has 8 nitrogen and oxygen atoms in total. The SMILES string of the molecule is CCC/C=C\CCCCCCCC(=O)OC(COCCCCCCCCC/C=C\C/C=C\C/C=C\CCCCC)COP(=O)(O)OCCN. The quantitative estimate of drug-likeness (QED) is 0.0283. The molecule has 0 spiro atoms. The molecule has 0 heterocycles. The van der Waals surface area contributed by atoms with Gasteiger partial charge in [0.15, 0.2) is 0 Å². The molecule has 9 heteroatoms. The number of carbonyl (C=O) groups is 1. The maximum atomic E-state index is 12.5. The van der Waals surface area contributed by atoms with E-state index in [2.05, 4.69) is 62.5 Å². The van der Waals surface area contributed by atoms with Crippen molar-refractivity contribution in [1.29, 1.82) is 0 Å². The number of unbranched alkanes of at least 4 members (excludes halogenated alkanes) is 16. The lowest BCUT2D eigenvalue weighted by Gasteiger charge is -2.20. The molecule has 2 unspecified atom stereocenters. The first kappa shape index (κ1) is 47.5. The minimum atomic E-state index is -4.27. The Morgan fingerprint density at radius 3 is 1.71 bits per heavy atom. The summed E-state index contributed by atoms with van der Waals surface area (Å²) in [7, 11) is -4.27. The molecule has 0 bridgehead atoms. The molecule has 0 aromatic heterocycles. The number of ether oxygens (including phenoxy) is 2. The highest BCUT2D eigenvalue weighted by Crippen LogP contribution is 2.43. The molecule has 0 saturated heterocycles. The summed E-state index contributed by atoms with van der Waals surface area (Å²) in [5, 5.41) is 0. The van der Waals surface area contributed by atoms with Crippen molar-refractivity contribution in [1.82, 2.24) is 0 Å². The van der Waals surface area contributed by atoms with E-state index in [0.717, 1.165) is 70.6 Å². The summed E-state index contributed by atoms with van der Waals surface area (Å²) in [6.07, 6.45) is 42.7. The number of esters is 1. The summed E-state index contributed by atoms with van der Waals surface area (Å²) in [5.41, 5.74) is 5.35. The summed E-state index contributed by atoms with van der Waals surface area (Å²) >= 11 is 0. The Morgan fingerprint density at radius 1 is 0.612 bits per heavy atom. The Hall–Kier alpha value is -1.54. The molecule has 0 aliphatic rings. The van der Waals surface area contributed by atoms with Crippen LogP contribution in [-0.2, 0) is 27.9 Å². The lowest BCUT2D eigenvalue weighted by molar-refractivity contribution is -0.154. The van der Waals surface area contributed by atoms with Gasteiger partial charge in [-0.3, -0.25) is 13.8 Å². The van der Waals surface area contributed by atoms with Crippen molar-refractivity contribution in [2.24, 2.45) is 5.73 Å². The first-order valence-electron chi connectivity index (χ1n) is 19.6. The van der Waals surface area contributed by atoms with Crippen LogP contribution in [0.3, 0.4) is 0 Å². The summed E-state index contributed by atoms with van der Waals surface area (Å²) in [5.74, 6) is -0.348. The third kappa shape index (κ3) is 37.5. The second-order valence-corrected chi connectivity index (χ2v) is 14.2. The van der Waals surface area contributed by atoms with Crippen LogP contribution in [0.25, 0.3) is 0 Å². The molecule has 49 heavy (non-hydrogen) atoms. The molecule has 0 radical (unpaired) electrons. The van der Waals surface area contributed by atoms with Gasteiger partial charge in [-0.05, 0) is 70.6 Å². The molecule has 0 rings (SSSR count). The van der Waals surface area contributed by atoms with Gasteiger partial charge in [0.25, 0.3) is 0 Å². The van der Waals surface area contributed by atoms with Crippen molar-refractivity contribution in [3.05, 3.63) is 48.6 Å². The highest BCUT2D eigenvalue weighted by molar-refractivity contribution is 7.47. The molecule has 0 saturated carbocycles. The highest BCUT2D eigenvalue weighted by Gasteiger charge is 2.25. The van der Waals surface area contributed by atoms with Gasteiger partial charge in [-0.25, -0.2) is 4.57 Å². The van der Waals surface area contributed by atoms with Crippen LogP contribution < -0.4 is 5.73 Å². The molecule has 3 N–H and O–H groups in total. The smallest absolute Gasteiger partial charge is 0.457 e. The number of carbonyl (C=O) groups excluding carboxylic acids is 1. The topological polar surface area (TPSA) is 117 Å². The van der Waals surface area contributed by atoms with Gasteiger partial charge < -0.3 is 20.1 Å². The van der Waals surface area contributed by atoms with Gasteiger partial charge in [0.05, 0.1) is 19.8 Å². The fourth-order valence-electron chi connectivity index (χ4n) is 5.06. The van der Waals surface area contributed by atoms with Crippen molar-refractivity contribution in [3.8, 4) is 0 Å². The van der Waals surface area contributed by atoms with Gasteiger partial charge in [-0.15, -0.1) is 0 Å². The standard InChI is InChI=1S/C40H74NO7P/c1-3-5-7-9-11-13-15-16-17-18-19-20-21-22-23-24-26-28-30-32-35-45-37-39(38-47-49(43,44)46-36-34-41)48-40(42)33-31-29-27-25-14-12-10-8-6-4-2/h8,10-11,13,16-17,19-20,39H,3-7,9,12,14-15,18,21-38,41H2,1-2H3,(H,43,44)/b10-8-,13-11-,17-16-,20-19-. The van der Waals surface area contributed by atoms with Crippen molar-refractivity contribution >= 4 is 13.8 Å². The number of hydrogen-bond donors (Lipinski definition) is 2. The zero-order valence-corrected chi connectivity index (χ0v) is 32.3. The van der Waals surface area contributed by atoms with Gasteiger partial charge in [0.1, 0.15) is 6.10 Å². The van der Waals surface area contributed by atoms with Crippen molar-refractivity contribution in [2.45, 2.75) is 168 Å². The van der Waals surface area contributed by atoms with Crippen LogP contribution in [0, 0.1) is 0 Å². The lowest BCUT2D eigenvalue weighted by Crippen LogP contribution is -2.28. The number of phosphoric ester groups is 1. The van der Waals surface area contributed by atoms with E-state index in [9.17, 15) is 14.3 Å². The number of nitrogens with two attached hydrogens (primary N) is 1. The minimum Gasteiger partial charge on any atom is -0.457 e. The van der Waals surface area contributed by atoms with Gasteiger partial charge in [-0.2, -0.15) is 0 Å². The fourth-order valence-corrected chi connectivity index (χ4v) is 5.83. The second kappa shape index (κ2) is 37.7. The summed E-state index contributed by atoms with van der Waals surface area (Å²) in [4.78, 5) is 22.3. The van der Waals surface area contributed by atoms with E-state index in [4.69, 9.17) is 24.3 Å². The summed E-state index contributed by atoms with van der Waals surface area (Å²) in [6.45, 7) is 4.78. The molecule has 0 aromatic rings. The molecule has 2 atom stereocenters. The van der Waals surface area contributed by atoms with Crippen LogP contribution in [0.2, 0.25) is 0 Å². The highest BCUT2D eigenvalue weighted by atomic mass is 31.2. The number of allylic oxidation sites excluding steroid dienone is 8. The first-order chi connectivity index (χ1) is 23.9. The Labute approximate surface area is 301 Å². The predicted octanol–water partition coefficient (Wildman–Crippen LogP) is 11.2. The normalized spacial score (nSPS) is 14.1. The van der Waals surface area contributed by atoms with Gasteiger partial charge >= 0.3 is 13.8 Å². The maximum absolute atomic E-state index is 12.5.